The van der Waals surface area contributed by atoms with Gasteiger partial charge >= 0.3 is 6.98 Å². The molecule has 0 fully saturated rings. The van der Waals surface area contributed by atoms with Crippen LogP contribution in [-0.2, 0) is 0 Å². The lowest BCUT2D eigenvalue weighted by Crippen LogP contribution is -2.46. The van der Waals surface area contributed by atoms with Crippen molar-refractivity contribution >= 4 is 23.8 Å². The van der Waals surface area contributed by atoms with Gasteiger partial charge in [0.05, 0.1) is 0 Å². The lowest BCUT2D eigenvalue weighted by Gasteiger charge is -2.21. The van der Waals surface area contributed by atoms with Gasteiger partial charge in [-0.15, -0.1) is 0 Å². The van der Waals surface area contributed by atoms with Crippen molar-refractivity contribution in [3.05, 3.63) is 90.0 Å². The lowest BCUT2D eigenvalue weighted by molar-refractivity contribution is 1.44. The number of anilines is 2. The molecule has 3 aromatic carbocycles. The molecule has 2 N–H and O–H groups in total. The summed E-state index contributed by atoms with van der Waals surface area (Å²) < 4.78 is 0. The average molecular weight is 300 g/mol. The molecule has 0 bridgehead atoms. The molecule has 0 aliphatic carbocycles. The van der Waals surface area contributed by atoms with Crippen LogP contribution in [0.5, 0.6) is 0 Å². The third-order valence-corrected chi connectivity index (χ3v) is 4.02. The van der Waals surface area contributed by atoms with Gasteiger partial charge in [-0.3, -0.25) is 0 Å². The largest absolute Gasteiger partial charge is 0.406 e. The molecule has 0 aliphatic heterocycles. The van der Waals surface area contributed by atoms with Gasteiger partial charge in [0.2, 0.25) is 0 Å². The standard InChI is InChI=1S/C20H21BN2/c1-16-10-6-8-14-19(16)22-21(18-12-4-3-5-13-18)23-20-15-9-7-11-17(20)2/h3-15,22-23H,1-2H3. The smallest absolute Gasteiger partial charge is 0.405 e. The molecule has 0 unspecified atom stereocenters. The number of nitrogens with one attached hydrogen (secondary N) is 2. The molecule has 2 nitrogen and oxygen atoms in total. The van der Waals surface area contributed by atoms with Crippen molar-refractivity contribution in [2.45, 2.75) is 13.8 Å². The van der Waals surface area contributed by atoms with E-state index >= 15 is 0 Å². The maximum absolute atomic E-state index is 3.63. The quantitative estimate of drug-likeness (QED) is 0.689. The predicted octanol–water partition coefficient (Wildman–Crippen LogP) is 4.22. The molecule has 3 rings (SSSR count). The average Bonchev–Trinajstić information content (AvgIpc) is 2.59. The number of hydrogen-bond donors (Lipinski definition) is 2. The Morgan fingerprint density at radius 1 is 0.565 bits per heavy atom. The van der Waals surface area contributed by atoms with Crippen LogP contribution >= 0.6 is 0 Å². The summed E-state index contributed by atoms with van der Waals surface area (Å²) in [5.74, 6) is 0. The first-order valence-electron chi connectivity index (χ1n) is 7.93. The molecule has 0 radical (unpaired) electrons. The zero-order valence-electron chi connectivity index (χ0n) is 13.6. The SMILES string of the molecule is Cc1ccccc1NB(Nc1ccccc1C)c1ccccc1. The van der Waals surface area contributed by atoms with Crippen LogP contribution in [0.1, 0.15) is 11.1 Å². The van der Waals surface area contributed by atoms with Gasteiger partial charge in [0, 0.05) is 11.4 Å². The second kappa shape index (κ2) is 7.06. The molecule has 0 atom stereocenters. The summed E-state index contributed by atoms with van der Waals surface area (Å²) in [7, 11) is 0. The van der Waals surface area contributed by atoms with Crippen LogP contribution < -0.4 is 15.9 Å². The molecule has 0 spiro atoms. The van der Waals surface area contributed by atoms with Gasteiger partial charge in [0.15, 0.2) is 0 Å². The number of benzene rings is 3. The number of aryl methyl sites for hydroxylation is 2. The van der Waals surface area contributed by atoms with Crippen molar-refractivity contribution in [2.24, 2.45) is 0 Å². The summed E-state index contributed by atoms with van der Waals surface area (Å²) in [6, 6.07) is 27.2. The van der Waals surface area contributed by atoms with Crippen molar-refractivity contribution in [2.75, 3.05) is 10.5 Å². The van der Waals surface area contributed by atoms with Gasteiger partial charge in [0.25, 0.3) is 0 Å². The van der Waals surface area contributed by atoms with Gasteiger partial charge in [-0.2, -0.15) is 0 Å². The van der Waals surface area contributed by atoms with Gasteiger partial charge in [-0.05, 0) is 42.6 Å². The Balaban J connectivity index is 1.91. The van der Waals surface area contributed by atoms with E-state index in [-0.39, 0.29) is 6.98 Å². The second-order valence-electron chi connectivity index (χ2n) is 5.76. The first-order chi connectivity index (χ1) is 11.2. The summed E-state index contributed by atoms with van der Waals surface area (Å²) in [5, 5.41) is 7.26. The fourth-order valence-corrected chi connectivity index (χ4v) is 2.63. The molecule has 0 saturated heterocycles. The van der Waals surface area contributed by atoms with Gasteiger partial charge in [0.1, 0.15) is 0 Å². The summed E-state index contributed by atoms with van der Waals surface area (Å²) in [6.07, 6.45) is 0. The molecule has 0 heterocycles. The van der Waals surface area contributed by atoms with E-state index in [0.29, 0.717) is 0 Å². The maximum atomic E-state index is 3.63. The van der Waals surface area contributed by atoms with Crippen LogP contribution in [0, 0.1) is 13.8 Å². The zero-order valence-corrected chi connectivity index (χ0v) is 13.6. The van der Waals surface area contributed by atoms with Gasteiger partial charge < -0.3 is 10.5 Å². The number of para-hydroxylation sites is 2. The fraction of sp³-hybridized carbons (Fsp3) is 0.100. The van der Waals surface area contributed by atoms with E-state index in [0.717, 1.165) is 11.4 Å². The fourth-order valence-electron chi connectivity index (χ4n) is 2.63. The minimum atomic E-state index is 0.0124. The molecule has 0 saturated carbocycles. The monoisotopic (exact) mass is 300 g/mol. The highest BCUT2D eigenvalue weighted by Gasteiger charge is 2.19. The summed E-state index contributed by atoms with van der Waals surface area (Å²) in [5.41, 5.74) is 5.96. The van der Waals surface area contributed by atoms with Gasteiger partial charge in [-0.25, -0.2) is 0 Å². The Morgan fingerprint density at radius 3 is 1.48 bits per heavy atom. The summed E-state index contributed by atoms with van der Waals surface area (Å²) in [6.45, 7) is 4.26. The normalized spacial score (nSPS) is 10.2. The van der Waals surface area contributed by atoms with Crippen molar-refractivity contribution < 1.29 is 0 Å². The highest BCUT2D eigenvalue weighted by molar-refractivity contribution is 6.79. The van der Waals surface area contributed by atoms with Gasteiger partial charge in [-0.1, -0.05) is 66.7 Å². The molecule has 0 amide bonds. The van der Waals surface area contributed by atoms with Crippen molar-refractivity contribution in [3.8, 4) is 0 Å². The van der Waals surface area contributed by atoms with Crippen LogP contribution in [0.25, 0.3) is 0 Å². The van der Waals surface area contributed by atoms with Crippen molar-refractivity contribution in [3.63, 3.8) is 0 Å². The van der Waals surface area contributed by atoms with Crippen LogP contribution in [0.3, 0.4) is 0 Å². The minimum Gasteiger partial charge on any atom is -0.405 e. The molecule has 114 valence electrons. The van der Waals surface area contributed by atoms with Crippen molar-refractivity contribution in [1.82, 2.24) is 0 Å². The molecular formula is C20H21BN2. The summed E-state index contributed by atoms with van der Waals surface area (Å²) >= 11 is 0. The van der Waals surface area contributed by atoms with E-state index in [2.05, 4.69) is 97.1 Å². The third kappa shape index (κ3) is 3.75. The third-order valence-electron chi connectivity index (χ3n) is 4.02. The van der Waals surface area contributed by atoms with Crippen LogP contribution in [-0.4, -0.2) is 6.98 Å². The minimum absolute atomic E-state index is 0.0124. The number of hydrogen-bond acceptors (Lipinski definition) is 2. The molecule has 0 aliphatic rings. The maximum Gasteiger partial charge on any atom is 0.406 e. The highest BCUT2D eigenvalue weighted by Crippen LogP contribution is 2.17. The second-order valence-corrected chi connectivity index (χ2v) is 5.76. The Bertz CT molecular complexity index is 724. The summed E-state index contributed by atoms with van der Waals surface area (Å²) in [4.78, 5) is 0. The van der Waals surface area contributed by atoms with Crippen LogP contribution in [0.4, 0.5) is 11.4 Å². The molecular weight excluding hydrogens is 279 g/mol. The Hall–Kier alpha value is -2.68. The molecule has 23 heavy (non-hydrogen) atoms. The topological polar surface area (TPSA) is 24.1 Å². The van der Waals surface area contributed by atoms with E-state index in [1.54, 1.807) is 0 Å². The Morgan fingerprint density at radius 2 is 1.00 bits per heavy atom. The highest BCUT2D eigenvalue weighted by atomic mass is 15.0. The Kier molecular flexibility index (Phi) is 4.67. The van der Waals surface area contributed by atoms with E-state index in [1.807, 2.05) is 6.07 Å². The first kappa shape index (κ1) is 15.2. The molecule has 0 aromatic heterocycles. The molecule has 3 aromatic rings. The zero-order chi connectivity index (χ0) is 16.1. The number of rotatable bonds is 5. The Labute approximate surface area is 138 Å². The lowest BCUT2D eigenvalue weighted by atomic mass is 9.67. The van der Waals surface area contributed by atoms with E-state index in [1.165, 1.54) is 16.6 Å². The van der Waals surface area contributed by atoms with Crippen LogP contribution in [0.15, 0.2) is 78.9 Å². The molecule has 3 heteroatoms. The predicted molar refractivity (Wildman–Crippen MR) is 101 cm³/mol. The van der Waals surface area contributed by atoms with Crippen LogP contribution in [0.2, 0.25) is 0 Å². The first-order valence-corrected chi connectivity index (χ1v) is 7.93. The van der Waals surface area contributed by atoms with E-state index in [4.69, 9.17) is 0 Å². The van der Waals surface area contributed by atoms with E-state index < -0.39 is 0 Å². The van der Waals surface area contributed by atoms with Crippen molar-refractivity contribution in [1.29, 1.82) is 0 Å². The van der Waals surface area contributed by atoms with E-state index in [9.17, 15) is 0 Å².